The van der Waals surface area contributed by atoms with Crippen molar-refractivity contribution >= 4 is 40.2 Å². The number of aryl methyl sites for hydroxylation is 1. The number of carbonyl (C=O) groups excluding carboxylic acids is 3. The number of carbonyl (C=O) groups is 3. The van der Waals surface area contributed by atoms with Crippen LogP contribution in [-0.2, 0) is 14.3 Å². The molecule has 8 nitrogen and oxygen atoms in total. The first-order valence-electron chi connectivity index (χ1n) is 10.2. The van der Waals surface area contributed by atoms with E-state index in [2.05, 4.69) is 4.98 Å². The first-order valence-corrected chi connectivity index (χ1v) is 11.0. The van der Waals surface area contributed by atoms with E-state index in [1.807, 2.05) is 30.3 Å². The van der Waals surface area contributed by atoms with Gasteiger partial charge in [0.25, 0.3) is 5.91 Å². The summed E-state index contributed by atoms with van der Waals surface area (Å²) in [4.78, 5) is 44.1. The highest BCUT2D eigenvalue weighted by molar-refractivity contribution is 7.17. The Hall–Kier alpha value is -4.24. The molecule has 1 amide bonds. The summed E-state index contributed by atoms with van der Waals surface area (Å²) in [5, 5.41) is 20.9. The molecule has 3 aromatic rings. The molecule has 34 heavy (non-hydrogen) atoms. The lowest BCUT2D eigenvalue weighted by Gasteiger charge is -2.24. The monoisotopic (exact) mass is 476 g/mol. The van der Waals surface area contributed by atoms with Gasteiger partial charge in [0.2, 0.25) is 0 Å². The molecule has 0 fully saturated rings. The van der Waals surface area contributed by atoms with Gasteiger partial charge in [-0.2, -0.15) is 0 Å². The number of benzene rings is 2. The fraction of sp³-hybridized carbons (Fsp3) is 0.120. The lowest BCUT2D eigenvalue weighted by atomic mass is 9.95. The molecule has 1 atom stereocenters. The van der Waals surface area contributed by atoms with Crippen LogP contribution in [0.3, 0.4) is 0 Å². The highest BCUT2D eigenvalue weighted by Gasteiger charge is 2.45. The van der Waals surface area contributed by atoms with E-state index in [0.29, 0.717) is 11.3 Å². The minimum Gasteiger partial charge on any atom is -0.508 e. The highest BCUT2D eigenvalue weighted by Crippen LogP contribution is 2.43. The van der Waals surface area contributed by atoms with Crippen molar-refractivity contribution in [1.29, 1.82) is 0 Å². The Morgan fingerprint density at radius 3 is 2.53 bits per heavy atom. The predicted molar refractivity (Wildman–Crippen MR) is 127 cm³/mol. The molecule has 0 radical (unpaired) electrons. The molecule has 0 saturated heterocycles. The Bertz CT molecular complexity index is 1340. The predicted octanol–water partition coefficient (Wildman–Crippen LogP) is 4.13. The van der Waals surface area contributed by atoms with Crippen LogP contribution in [0.15, 0.2) is 72.0 Å². The Morgan fingerprint density at radius 1 is 1.12 bits per heavy atom. The van der Waals surface area contributed by atoms with E-state index in [0.717, 1.165) is 21.8 Å². The van der Waals surface area contributed by atoms with Crippen LogP contribution in [0.4, 0.5) is 5.13 Å². The lowest BCUT2D eigenvalue weighted by Crippen LogP contribution is -2.30. The number of phenolic OH excluding ortho intramolecular Hbond substituents is 1. The molecule has 2 heterocycles. The van der Waals surface area contributed by atoms with Crippen molar-refractivity contribution < 1.29 is 29.3 Å². The van der Waals surface area contributed by atoms with Crippen LogP contribution >= 0.6 is 11.3 Å². The smallest absolute Gasteiger partial charge is 0.350 e. The number of methoxy groups -OCH3 is 1. The number of thiazole rings is 1. The quantitative estimate of drug-likeness (QED) is 0.406. The van der Waals surface area contributed by atoms with E-state index in [9.17, 15) is 24.6 Å². The number of amides is 1. The van der Waals surface area contributed by atoms with Crippen LogP contribution in [-0.4, -0.2) is 40.0 Å². The molecule has 9 heteroatoms. The first kappa shape index (κ1) is 22.9. The number of esters is 1. The number of rotatable bonds is 6. The highest BCUT2D eigenvalue weighted by atomic mass is 32.1. The van der Waals surface area contributed by atoms with Gasteiger partial charge in [-0.05, 0) is 36.3 Å². The molecule has 1 aliphatic heterocycles. The molecule has 2 N–H and O–H groups in total. The number of ketones is 1. The molecular weight excluding hydrogens is 456 g/mol. The van der Waals surface area contributed by atoms with Gasteiger partial charge < -0.3 is 14.9 Å². The fourth-order valence-electron chi connectivity index (χ4n) is 3.66. The molecule has 0 bridgehead atoms. The summed E-state index contributed by atoms with van der Waals surface area (Å²) in [6.45, 7) is 1.60. The van der Waals surface area contributed by atoms with Gasteiger partial charge in [-0.15, -0.1) is 0 Å². The lowest BCUT2D eigenvalue weighted by molar-refractivity contribution is -0.117. The normalized spacial score (nSPS) is 15.9. The zero-order valence-corrected chi connectivity index (χ0v) is 19.1. The fourth-order valence-corrected chi connectivity index (χ4v) is 4.67. The van der Waals surface area contributed by atoms with Crippen LogP contribution < -0.4 is 4.90 Å². The molecule has 2 aromatic carbocycles. The van der Waals surface area contributed by atoms with E-state index in [4.69, 9.17) is 4.74 Å². The minimum absolute atomic E-state index is 0.0755. The van der Waals surface area contributed by atoms with Crippen molar-refractivity contribution in [3.63, 3.8) is 0 Å². The number of phenols is 1. The Morgan fingerprint density at radius 2 is 1.85 bits per heavy atom. The molecule has 0 saturated carbocycles. The summed E-state index contributed by atoms with van der Waals surface area (Å²) >= 11 is 0.912. The Balaban J connectivity index is 1.81. The van der Waals surface area contributed by atoms with Crippen LogP contribution in [0, 0.1) is 6.92 Å². The summed E-state index contributed by atoms with van der Waals surface area (Å²) in [7, 11) is 1.24. The van der Waals surface area contributed by atoms with Crippen molar-refractivity contribution in [2.45, 2.75) is 13.0 Å². The summed E-state index contributed by atoms with van der Waals surface area (Å²) in [5.41, 5.74) is 1.35. The third kappa shape index (κ3) is 4.20. The van der Waals surface area contributed by atoms with Gasteiger partial charge in [0.05, 0.1) is 24.4 Å². The number of nitrogens with zero attached hydrogens (tertiary/aromatic N) is 2. The maximum Gasteiger partial charge on any atom is 0.350 e. The van der Waals surface area contributed by atoms with Gasteiger partial charge in [-0.25, -0.2) is 9.78 Å². The van der Waals surface area contributed by atoms with Crippen LogP contribution in [0.5, 0.6) is 5.75 Å². The molecule has 1 unspecified atom stereocenters. The number of hydrogen-bond acceptors (Lipinski definition) is 8. The number of ether oxygens (including phenoxy) is 1. The summed E-state index contributed by atoms with van der Waals surface area (Å²) in [5.74, 6) is -2.82. The zero-order valence-electron chi connectivity index (χ0n) is 18.3. The molecule has 1 aromatic heterocycles. The van der Waals surface area contributed by atoms with Gasteiger partial charge in [-0.3, -0.25) is 14.5 Å². The van der Waals surface area contributed by atoms with Crippen LogP contribution in [0.25, 0.3) is 6.08 Å². The number of aliphatic hydroxyl groups excluding tert-OH is 1. The minimum atomic E-state index is -1.07. The molecular formula is C25H20N2O6S. The number of aromatic nitrogens is 1. The Kier molecular flexibility index (Phi) is 6.29. The molecule has 1 aliphatic rings. The van der Waals surface area contributed by atoms with Gasteiger partial charge in [0.1, 0.15) is 10.6 Å². The van der Waals surface area contributed by atoms with Crippen molar-refractivity contribution in [2.24, 2.45) is 0 Å². The Labute approximate surface area is 199 Å². The van der Waals surface area contributed by atoms with Crippen LogP contribution in [0.2, 0.25) is 0 Å². The average Bonchev–Trinajstić information content (AvgIpc) is 3.34. The summed E-state index contributed by atoms with van der Waals surface area (Å²) < 4.78 is 4.77. The standard InChI is InChI=1S/C25H20N2O6S/c1-14-22(24(32)33-2)34-25(26-14)27-20(16-9-6-10-17(28)13-16)19(21(30)23(27)31)18(29)12-11-15-7-4-3-5-8-15/h3-13,20,28,30H,1-2H3/b12-11+. The second-order valence-electron chi connectivity index (χ2n) is 7.45. The zero-order chi connectivity index (χ0) is 24.4. The SMILES string of the molecule is COC(=O)c1sc(N2C(=O)C(O)=C(C(=O)/C=C/c3ccccc3)C2c2cccc(O)c2)nc1C. The maximum absolute atomic E-state index is 13.2. The first-order chi connectivity index (χ1) is 16.3. The molecule has 0 aliphatic carbocycles. The summed E-state index contributed by atoms with van der Waals surface area (Å²) in [6, 6.07) is 14.1. The number of aromatic hydroxyl groups is 1. The van der Waals surface area contributed by atoms with Gasteiger partial charge in [0, 0.05) is 0 Å². The van der Waals surface area contributed by atoms with Crippen LogP contribution in [0.1, 0.15) is 32.5 Å². The molecule has 0 spiro atoms. The third-order valence-corrected chi connectivity index (χ3v) is 6.39. The van der Waals surface area contributed by atoms with Gasteiger partial charge >= 0.3 is 5.97 Å². The van der Waals surface area contributed by atoms with Crippen molar-refractivity contribution in [1.82, 2.24) is 4.98 Å². The van der Waals surface area contributed by atoms with E-state index in [-0.39, 0.29) is 21.3 Å². The number of hydrogen-bond donors (Lipinski definition) is 2. The van der Waals surface area contributed by atoms with Gasteiger partial charge in [0.15, 0.2) is 16.7 Å². The summed E-state index contributed by atoms with van der Waals surface area (Å²) in [6.07, 6.45) is 2.86. The van der Waals surface area contributed by atoms with Crippen molar-refractivity contribution in [3.8, 4) is 5.75 Å². The van der Waals surface area contributed by atoms with E-state index >= 15 is 0 Å². The van der Waals surface area contributed by atoms with E-state index in [1.54, 1.807) is 25.1 Å². The average molecular weight is 477 g/mol. The third-order valence-electron chi connectivity index (χ3n) is 5.25. The molecule has 4 rings (SSSR count). The number of aliphatic hydroxyl groups is 1. The van der Waals surface area contributed by atoms with Crippen molar-refractivity contribution in [3.05, 3.63) is 93.7 Å². The van der Waals surface area contributed by atoms with Gasteiger partial charge in [-0.1, -0.05) is 59.9 Å². The second kappa shape index (κ2) is 9.32. The van der Waals surface area contributed by atoms with E-state index in [1.165, 1.54) is 25.3 Å². The maximum atomic E-state index is 13.2. The topological polar surface area (TPSA) is 117 Å². The van der Waals surface area contributed by atoms with Crippen molar-refractivity contribution in [2.75, 3.05) is 12.0 Å². The number of anilines is 1. The second-order valence-corrected chi connectivity index (χ2v) is 8.42. The molecule has 172 valence electrons. The number of allylic oxidation sites excluding steroid dienone is 1. The largest absolute Gasteiger partial charge is 0.508 e. The van der Waals surface area contributed by atoms with E-state index < -0.39 is 29.5 Å².